The second kappa shape index (κ2) is 15.4. The van der Waals surface area contributed by atoms with Gasteiger partial charge in [-0.25, -0.2) is 22.0 Å². The molecular formula is C38H51F5. The molecule has 2 aromatic carbocycles. The highest BCUT2D eigenvalue weighted by atomic mass is 19.2. The van der Waals surface area contributed by atoms with Crippen LogP contribution in [0.5, 0.6) is 0 Å². The fraction of sp³-hybridized carbons (Fsp3) is 0.684. The summed E-state index contributed by atoms with van der Waals surface area (Å²) in [7, 11) is 0. The van der Waals surface area contributed by atoms with Crippen molar-refractivity contribution in [3.63, 3.8) is 0 Å². The van der Waals surface area contributed by atoms with Crippen LogP contribution in [0.4, 0.5) is 22.0 Å². The molecule has 0 amide bonds. The molecule has 3 saturated carbocycles. The highest BCUT2D eigenvalue weighted by molar-refractivity contribution is 5.32. The van der Waals surface area contributed by atoms with Gasteiger partial charge in [-0.2, -0.15) is 0 Å². The van der Waals surface area contributed by atoms with Gasteiger partial charge in [-0.15, -0.1) is 0 Å². The molecule has 3 aliphatic rings. The first-order chi connectivity index (χ1) is 20.8. The van der Waals surface area contributed by atoms with Crippen molar-refractivity contribution in [2.45, 2.75) is 147 Å². The van der Waals surface area contributed by atoms with Crippen molar-refractivity contribution >= 4 is 0 Å². The zero-order chi connectivity index (χ0) is 30.3. The zero-order valence-electron chi connectivity index (χ0n) is 26.1. The van der Waals surface area contributed by atoms with E-state index in [2.05, 4.69) is 6.92 Å². The van der Waals surface area contributed by atoms with Crippen LogP contribution in [-0.4, -0.2) is 0 Å². The Balaban J connectivity index is 1.08. The van der Waals surface area contributed by atoms with Gasteiger partial charge in [0.2, 0.25) is 0 Å². The third-order valence-corrected chi connectivity index (χ3v) is 11.5. The van der Waals surface area contributed by atoms with Crippen LogP contribution in [0.1, 0.15) is 163 Å². The molecular weight excluding hydrogens is 551 g/mol. The van der Waals surface area contributed by atoms with Gasteiger partial charge >= 0.3 is 0 Å². The molecule has 0 N–H and O–H groups in total. The smallest absolute Gasteiger partial charge is 0.194 e. The van der Waals surface area contributed by atoms with Crippen molar-refractivity contribution in [1.29, 1.82) is 0 Å². The molecule has 0 heterocycles. The van der Waals surface area contributed by atoms with Crippen LogP contribution in [0.3, 0.4) is 0 Å². The number of hydrogen-bond donors (Lipinski definition) is 0. The van der Waals surface area contributed by atoms with Gasteiger partial charge in [-0.3, -0.25) is 0 Å². The summed E-state index contributed by atoms with van der Waals surface area (Å²) in [6.07, 6.45) is 21.7. The summed E-state index contributed by atoms with van der Waals surface area (Å²) >= 11 is 0. The molecule has 3 fully saturated rings. The molecule has 5 heteroatoms. The molecule has 0 radical (unpaired) electrons. The Kier molecular flexibility index (Phi) is 11.6. The fourth-order valence-corrected chi connectivity index (χ4v) is 8.84. The van der Waals surface area contributed by atoms with Crippen molar-refractivity contribution in [3.05, 3.63) is 70.0 Å². The number of halogens is 5. The summed E-state index contributed by atoms with van der Waals surface area (Å²) in [5.74, 6) is -2.42. The molecule has 0 unspecified atom stereocenters. The molecule has 0 saturated heterocycles. The number of hydrogen-bond acceptors (Lipinski definition) is 0. The van der Waals surface area contributed by atoms with Gasteiger partial charge in [-0.1, -0.05) is 64.7 Å². The Labute approximate surface area is 256 Å². The van der Waals surface area contributed by atoms with E-state index >= 15 is 8.78 Å². The summed E-state index contributed by atoms with van der Waals surface area (Å²) in [6.45, 7) is 2.27. The molecule has 43 heavy (non-hydrogen) atoms. The topological polar surface area (TPSA) is 0 Å². The molecule has 5 rings (SSSR count). The second-order valence-electron chi connectivity index (χ2n) is 14.2. The van der Waals surface area contributed by atoms with Gasteiger partial charge in [-0.05, 0) is 135 Å². The Bertz CT molecular complexity index is 1120. The van der Waals surface area contributed by atoms with Crippen LogP contribution in [0.15, 0.2) is 24.3 Å². The van der Waals surface area contributed by atoms with Crippen LogP contribution in [0.25, 0.3) is 0 Å². The van der Waals surface area contributed by atoms with Crippen molar-refractivity contribution in [2.24, 2.45) is 17.8 Å². The van der Waals surface area contributed by atoms with E-state index in [1.54, 1.807) is 12.1 Å². The van der Waals surface area contributed by atoms with Gasteiger partial charge in [0.25, 0.3) is 0 Å². The maximum Gasteiger partial charge on any atom is 0.194 e. The van der Waals surface area contributed by atoms with E-state index in [0.29, 0.717) is 31.2 Å². The molecule has 0 spiro atoms. The summed E-state index contributed by atoms with van der Waals surface area (Å²) < 4.78 is 71.6. The first-order valence-corrected chi connectivity index (χ1v) is 17.5. The van der Waals surface area contributed by atoms with Gasteiger partial charge in [0.05, 0.1) is 0 Å². The van der Waals surface area contributed by atoms with Crippen molar-refractivity contribution in [2.75, 3.05) is 0 Å². The van der Waals surface area contributed by atoms with E-state index in [-0.39, 0.29) is 23.3 Å². The average Bonchev–Trinajstić information content (AvgIpc) is 3.02. The maximum absolute atomic E-state index is 15.4. The second-order valence-corrected chi connectivity index (χ2v) is 14.2. The minimum atomic E-state index is -1.46. The summed E-state index contributed by atoms with van der Waals surface area (Å²) in [6, 6.07) is 5.26. The summed E-state index contributed by atoms with van der Waals surface area (Å²) in [4.78, 5) is 0. The summed E-state index contributed by atoms with van der Waals surface area (Å²) in [5, 5.41) is 0. The molecule has 2 aromatic rings. The van der Waals surface area contributed by atoms with Gasteiger partial charge in [0.1, 0.15) is 11.6 Å². The van der Waals surface area contributed by atoms with Crippen molar-refractivity contribution in [3.8, 4) is 0 Å². The standard InChI is InChI=1S/C38H51F5/c1-2-3-4-5-6-7-8-25-9-11-26(12-10-25)27-13-15-28(16-14-27)31-21-33(39)37(34(40)22-31)30-19-17-29(18-20-30)32-23-35(41)38(43)36(42)24-32/h21-30H,2-20H2,1H3. The highest BCUT2D eigenvalue weighted by Crippen LogP contribution is 2.46. The lowest BCUT2D eigenvalue weighted by molar-refractivity contribution is 0.155. The molecule has 0 aromatic heterocycles. The summed E-state index contributed by atoms with van der Waals surface area (Å²) in [5.41, 5.74) is 1.37. The Hall–Kier alpha value is -1.91. The lowest BCUT2D eigenvalue weighted by atomic mass is 9.68. The van der Waals surface area contributed by atoms with Gasteiger partial charge in [0, 0.05) is 5.56 Å². The van der Waals surface area contributed by atoms with E-state index in [0.717, 1.165) is 61.1 Å². The number of rotatable bonds is 11. The van der Waals surface area contributed by atoms with Crippen LogP contribution >= 0.6 is 0 Å². The van der Waals surface area contributed by atoms with E-state index in [9.17, 15) is 13.2 Å². The maximum atomic E-state index is 15.4. The van der Waals surface area contributed by atoms with Crippen LogP contribution in [-0.2, 0) is 0 Å². The van der Waals surface area contributed by atoms with Gasteiger partial charge < -0.3 is 0 Å². The molecule has 238 valence electrons. The van der Waals surface area contributed by atoms with E-state index in [1.165, 1.54) is 70.6 Å². The quantitative estimate of drug-likeness (QED) is 0.136. The highest BCUT2D eigenvalue weighted by Gasteiger charge is 2.33. The van der Waals surface area contributed by atoms with E-state index in [1.807, 2.05) is 0 Å². The molecule has 0 atom stereocenters. The predicted octanol–water partition coefficient (Wildman–Crippen LogP) is 12.7. The first-order valence-electron chi connectivity index (χ1n) is 17.5. The molecule has 0 aliphatic heterocycles. The molecule has 0 nitrogen and oxygen atoms in total. The third kappa shape index (κ3) is 8.23. The minimum Gasteiger partial charge on any atom is -0.207 e. The van der Waals surface area contributed by atoms with Gasteiger partial charge in [0.15, 0.2) is 17.5 Å². The van der Waals surface area contributed by atoms with Crippen LogP contribution in [0, 0.1) is 46.8 Å². The molecule has 3 aliphatic carbocycles. The number of benzene rings is 2. The fourth-order valence-electron chi connectivity index (χ4n) is 8.84. The van der Waals surface area contributed by atoms with E-state index < -0.39 is 29.1 Å². The van der Waals surface area contributed by atoms with Crippen LogP contribution in [0.2, 0.25) is 0 Å². The monoisotopic (exact) mass is 602 g/mol. The lowest BCUT2D eigenvalue weighted by Crippen LogP contribution is -2.25. The normalized spacial score (nSPS) is 28.2. The van der Waals surface area contributed by atoms with Crippen molar-refractivity contribution < 1.29 is 22.0 Å². The first kappa shape index (κ1) is 32.5. The van der Waals surface area contributed by atoms with Crippen LogP contribution < -0.4 is 0 Å². The largest absolute Gasteiger partial charge is 0.207 e. The average molecular weight is 603 g/mol. The Morgan fingerprint density at radius 3 is 1.44 bits per heavy atom. The third-order valence-electron chi connectivity index (χ3n) is 11.5. The predicted molar refractivity (Wildman–Crippen MR) is 165 cm³/mol. The number of unbranched alkanes of at least 4 members (excludes halogenated alkanes) is 5. The lowest BCUT2D eigenvalue weighted by Gasteiger charge is -2.38. The minimum absolute atomic E-state index is 0.142. The van der Waals surface area contributed by atoms with E-state index in [4.69, 9.17) is 0 Å². The Morgan fingerprint density at radius 1 is 0.488 bits per heavy atom. The Morgan fingerprint density at radius 2 is 0.907 bits per heavy atom. The molecule has 0 bridgehead atoms. The zero-order valence-corrected chi connectivity index (χ0v) is 26.1. The van der Waals surface area contributed by atoms with Crippen molar-refractivity contribution in [1.82, 2.24) is 0 Å². The SMILES string of the molecule is CCCCCCCCC1CCC(C2CCC(c3cc(F)c(C4CCC(c5cc(F)c(F)c(F)c5)CC4)c(F)c3)CC2)CC1.